The Morgan fingerprint density at radius 3 is 2.36 bits per heavy atom. The molecule has 0 aliphatic heterocycles. The van der Waals surface area contributed by atoms with Crippen molar-refractivity contribution in [1.29, 1.82) is 0 Å². The van der Waals surface area contributed by atoms with Crippen molar-refractivity contribution in [1.82, 2.24) is 0 Å². The number of hydrogen-bond acceptors (Lipinski definition) is 5. The first kappa shape index (κ1) is 18.3. The zero-order valence-electron chi connectivity index (χ0n) is 14.2. The van der Waals surface area contributed by atoms with Gasteiger partial charge in [-0.2, -0.15) is 0 Å². The Balaban J connectivity index is 2.00. The van der Waals surface area contributed by atoms with Crippen molar-refractivity contribution in [3.8, 4) is 17.2 Å². The van der Waals surface area contributed by atoms with Gasteiger partial charge in [-0.1, -0.05) is 6.07 Å². The van der Waals surface area contributed by atoms with Gasteiger partial charge in [0.2, 0.25) is 0 Å². The second kappa shape index (κ2) is 8.73. The van der Waals surface area contributed by atoms with Gasteiger partial charge in [0.25, 0.3) is 0 Å². The molecule has 5 nitrogen and oxygen atoms in total. The number of rotatable bonds is 7. The summed E-state index contributed by atoms with van der Waals surface area (Å²) in [5.41, 5.74) is 1.20. The Kier molecular flexibility index (Phi) is 6.39. The van der Waals surface area contributed by atoms with Crippen molar-refractivity contribution in [2.24, 2.45) is 0 Å². The smallest absolute Gasteiger partial charge is 0.331 e. The molecule has 0 aliphatic carbocycles. The van der Waals surface area contributed by atoms with Crippen LogP contribution in [0.2, 0.25) is 0 Å². The summed E-state index contributed by atoms with van der Waals surface area (Å²) in [5, 5.41) is 0. The van der Waals surface area contributed by atoms with Crippen molar-refractivity contribution in [3.63, 3.8) is 0 Å². The molecular weight excluding hydrogens is 327 g/mol. The summed E-state index contributed by atoms with van der Waals surface area (Å²) in [6, 6.07) is 9.61. The molecule has 0 radical (unpaired) electrons. The zero-order chi connectivity index (χ0) is 18.2. The van der Waals surface area contributed by atoms with Gasteiger partial charge in [0.05, 0.1) is 21.3 Å². The average Bonchev–Trinajstić information content (AvgIpc) is 2.64. The first-order valence-electron chi connectivity index (χ1n) is 7.46. The lowest BCUT2D eigenvalue weighted by molar-refractivity contribution is -0.138. The van der Waals surface area contributed by atoms with Crippen LogP contribution in [-0.4, -0.2) is 27.3 Å². The molecule has 2 rings (SSSR count). The molecule has 0 aromatic heterocycles. The molecule has 25 heavy (non-hydrogen) atoms. The van der Waals surface area contributed by atoms with Gasteiger partial charge < -0.3 is 18.9 Å². The Morgan fingerprint density at radius 1 is 1.00 bits per heavy atom. The summed E-state index contributed by atoms with van der Waals surface area (Å²) in [6.45, 7) is -0.0423. The van der Waals surface area contributed by atoms with E-state index in [2.05, 4.69) is 0 Å². The number of carbonyl (C=O) groups is 1. The maximum Gasteiger partial charge on any atom is 0.331 e. The third-order valence-corrected chi connectivity index (χ3v) is 3.43. The van der Waals surface area contributed by atoms with Gasteiger partial charge >= 0.3 is 5.97 Å². The fourth-order valence-electron chi connectivity index (χ4n) is 2.13. The minimum absolute atomic E-state index is 0.0423. The maximum absolute atomic E-state index is 13.6. The molecule has 2 aromatic carbocycles. The number of hydrogen-bond donors (Lipinski definition) is 0. The minimum Gasteiger partial charge on any atom is -0.497 e. The van der Waals surface area contributed by atoms with Crippen LogP contribution in [0, 0.1) is 5.82 Å². The lowest BCUT2D eigenvalue weighted by Crippen LogP contribution is -2.01. The lowest BCUT2D eigenvalue weighted by Gasteiger charge is -2.07. The summed E-state index contributed by atoms with van der Waals surface area (Å²) in [4.78, 5) is 11.9. The molecule has 0 saturated carbocycles. The Morgan fingerprint density at radius 2 is 1.72 bits per heavy atom. The van der Waals surface area contributed by atoms with E-state index in [0.717, 1.165) is 0 Å². The molecule has 2 aromatic rings. The van der Waals surface area contributed by atoms with Gasteiger partial charge in [0, 0.05) is 11.6 Å². The van der Waals surface area contributed by atoms with Crippen LogP contribution in [0.1, 0.15) is 11.1 Å². The summed E-state index contributed by atoms with van der Waals surface area (Å²) in [6.07, 6.45) is 2.84. The van der Waals surface area contributed by atoms with E-state index in [4.69, 9.17) is 18.9 Å². The maximum atomic E-state index is 13.6. The second-order valence-electron chi connectivity index (χ2n) is 5.02. The molecule has 0 N–H and O–H groups in total. The van der Waals surface area contributed by atoms with Gasteiger partial charge in [-0.3, -0.25) is 0 Å². The molecule has 0 atom stereocenters. The highest BCUT2D eigenvalue weighted by Crippen LogP contribution is 2.25. The van der Waals surface area contributed by atoms with E-state index >= 15 is 0 Å². The van der Waals surface area contributed by atoms with Crippen LogP contribution >= 0.6 is 0 Å². The Labute approximate surface area is 145 Å². The number of carbonyl (C=O) groups excluding carboxylic acids is 1. The van der Waals surface area contributed by atoms with E-state index in [-0.39, 0.29) is 12.4 Å². The summed E-state index contributed by atoms with van der Waals surface area (Å²) < 4.78 is 33.9. The van der Waals surface area contributed by atoms with Crippen LogP contribution in [-0.2, 0) is 16.1 Å². The van der Waals surface area contributed by atoms with Gasteiger partial charge in [-0.25, -0.2) is 9.18 Å². The number of esters is 1. The standard InChI is InChI=1S/C19H19FO5/c1-22-15-6-8-17(23-2)14(11-15)5-9-19(21)25-12-13-4-7-18(24-3)16(20)10-13/h4-11H,12H2,1-3H3/b9-5+. The van der Waals surface area contributed by atoms with Crippen LogP contribution in [0.15, 0.2) is 42.5 Å². The number of methoxy groups -OCH3 is 3. The predicted octanol–water partition coefficient (Wildman–Crippen LogP) is 3.61. The van der Waals surface area contributed by atoms with Gasteiger partial charge in [-0.15, -0.1) is 0 Å². The summed E-state index contributed by atoms with van der Waals surface area (Å²) in [7, 11) is 4.48. The van der Waals surface area contributed by atoms with Crippen molar-refractivity contribution >= 4 is 12.0 Å². The monoisotopic (exact) mass is 346 g/mol. The number of ether oxygens (including phenoxy) is 4. The van der Waals surface area contributed by atoms with Crippen LogP contribution in [0.25, 0.3) is 6.08 Å². The van der Waals surface area contributed by atoms with Crippen LogP contribution in [0.5, 0.6) is 17.2 Å². The van der Waals surface area contributed by atoms with Crippen LogP contribution in [0.4, 0.5) is 4.39 Å². The second-order valence-corrected chi connectivity index (χ2v) is 5.02. The highest BCUT2D eigenvalue weighted by atomic mass is 19.1. The van der Waals surface area contributed by atoms with Crippen molar-refractivity contribution in [3.05, 3.63) is 59.4 Å². The average molecular weight is 346 g/mol. The summed E-state index contributed by atoms with van der Waals surface area (Å²) >= 11 is 0. The fraction of sp³-hybridized carbons (Fsp3) is 0.211. The van der Waals surface area contributed by atoms with E-state index < -0.39 is 11.8 Å². The molecule has 0 bridgehead atoms. The normalized spacial score (nSPS) is 10.6. The van der Waals surface area contributed by atoms with Gasteiger partial charge in [0.1, 0.15) is 18.1 Å². The van der Waals surface area contributed by atoms with E-state index in [1.807, 2.05) is 0 Å². The van der Waals surface area contributed by atoms with Gasteiger partial charge in [0.15, 0.2) is 11.6 Å². The van der Waals surface area contributed by atoms with Crippen molar-refractivity contribution in [2.75, 3.05) is 21.3 Å². The molecule has 0 saturated heterocycles. The number of benzene rings is 2. The van der Waals surface area contributed by atoms with Crippen LogP contribution in [0.3, 0.4) is 0 Å². The van der Waals surface area contributed by atoms with Crippen LogP contribution < -0.4 is 14.2 Å². The fourth-order valence-corrected chi connectivity index (χ4v) is 2.13. The SMILES string of the molecule is COc1ccc(OC)c(/C=C/C(=O)OCc2ccc(OC)c(F)c2)c1. The van der Waals surface area contributed by atoms with E-state index in [9.17, 15) is 9.18 Å². The molecule has 0 heterocycles. The largest absolute Gasteiger partial charge is 0.497 e. The molecule has 0 unspecified atom stereocenters. The van der Waals surface area contributed by atoms with Crippen molar-refractivity contribution < 1.29 is 28.1 Å². The zero-order valence-corrected chi connectivity index (χ0v) is 14.2. The van der Waals surface area contributed by atoms with Gasteiger partial charge in [-0.05, 0) is 42.0 Å². The molecule has 0 amide bonds. The molecule has 132 valence electrons. The van der Waals surface area contributed by atoms with E-state index in [0.29, 0.717) is 22.6 Å². The molecule has 0 fully saturated rings. The Hall–Kier alpha value is -3.02. The quantitative estimate of drug-likeness (QED) is 0.566. The minimum atomic E-state index is -0.555. The predicted molar refractivity (Wildman–Crippen MR) is 91.3 cm³/mol. The lowest BCUT2D eigenvalue weighted by atomic mass is 10.1. The molecular formula is C19H19FO5. The third-order valence-electron chi connectivity index (χ3n) is 3.43. The van der Waals surface area contributed by atoms with E-state index in [1.165, 1.54) is 32.4 Å². The highest BCUT2D eigenvalue weighted by Gasteiger charge is 2.06. The van der Waals surface area contributed by atoms with E-state index in [1.54, 1.807) is 37.5 Å². The number of halogens is 1. The molecule has 0 spiro atoms. The first-order valence-corrected chi connectivity index (χ1v) is 7.46. The topological polar surface area (TPSA) is 54.0 Å². The summed E-state index contributed by atoms with van der Waals surface area (Å²) in [5.74, 6) is 0.318. The highest BCUT2D eigenvalue weighted by molar-refractivity contribution is 5.87. The van der Waals surface area contributed by atoms with Crippen molar-refractivity contribution in [2.45, 2.75) is 6.61 Å². The first-order chi connectivity index (χ1) is 12.1. The molecule has 6 heteroatoms. The Bertz CT molecular complexity index is 770. The third kappa shape index (κ3) is 4.97. The molecule has 0 aliphatic rings.